The lowest BCUT2D eigenvalue weighted by Crippen LogP contribution is -2.41. The minimum Gasteiger partial charge on any atom is -0.486 e. The topological polar surface area (TPSA) is 46.1 Å². The van der Waals surface area contributed by atoms with E-state index in [9.17, 15) is 0 Å². The van der Waals surface area contributed by atoms with Crippen LogP contribution in [-0.2, 0) is 12.8 Å². The van der Waals surface area contributed by atoms with Crippen LogP contribution in [-0.4, -0.2) is 39.3 Å². The molecule has 6 heteroatoms. The van der Waals surface area contributed by atoms with Crippen molar-refractivity contribution in [3.05, 3.63) is 53.6 Å². The van der Waals surface area contributed by atoms with Crippen molar-refractivity contribution in [1.29, 1.82) is 0 Å². The fourth-order valence-electron chi connectivity index (χ4n) is 3.42. The Kier molecular flexibility index (Phi) is 6.24. The Bertz CT molecular complexity index is 794. The molecule has 0 unspecified atom stereocenters. The number of hydrogen-bond donors (Lipinski definition) is 1. The van der Waals surface area contributed by atoms with Crippen LogP contribution >= 0.6 is 24.0 Å². The maximum absolute atomic E-state index is 5.66. The van der Waals surface area contributed by atoms with E-state index in [4.69, 9.17) is 9.47 Å². The molecule has 1 N–H and O–H groups in total. The van der Waals surface area contributed by atoms with E-state index < -0.39 is 0 Å². The zero-order chi connectivity index (χ0) is 17.1. The predicted octanol–water partition coefficient (Wildman–Crippen LogP) is 3.26. The van der Waals surface area contributed by atoms with Crippen LogP contribution in [0.1, 0.15) is 11.1 Å². The quantitative estimate of drug-likeness (QED) is 0.430. The number of nitrogens with zero attached hydrogens (tertiary/aromatic N) is 2. The summed E-state index contributed by atoms with van der Waals surface area (Å²) >= 11 is 0. The van der Waals surface area contributed by atoms with Crippen LogP contribution in [0, 0.1) is 0 Å². The maximum atomic E-state index is 5.66. The maximum Gasteiger partial charge on any atom is 0.198 e. The summed E-state index contributed by atoms with van der Waals surface area (Å²) in [6.45, 7) is 3.05. The third kappa shape index (κ3) is 3.90. The van der Waals surface area contributed by atoms with E-state index in [0.717, 1.165) is 43.4 Å². The lowest BCUT2D eigenvalue weighted by molar-refractivity contribution is 0.171. The molecule has 0 amide bonds. The molecule has 0 aromatic heterocycles. The molecule has 2 heterocycles. The van der Waals surface area contributed by atoms with Gasteiger partial charge in [0.2, 0.25) is 0 Å². The van der Waals surface area contributed by atoms with Crippen molar-refractivity contribution in [3.63, 3.8) is 0 Å². The van der Waals surface area contributed by atoms with Crippen LogP contribution in [0.5, 0.6) is 11.5 Å². The van der Waals surface area contributed by atoms with Gasteiger partial charge in [-0.25, -0.2) is 0 Å². The van der Waals surface area contributed by atoms with Gasteiger partial charge in [0.15, 0.2) is 17.5 Å². The number of rotatable bonds is 3. The van der Waals surface area contributed by atoms with Crippen LogP contribution in [0.15, 0.2) is 47.5 Å². The van der Waals surface area contributed by atoms with Crippen molar-refractivity contribution in [3.8, 4) is 11.5 Å². The number of fused-ring (bicyclic) bond motifs is 2. The molecule has 2 aromatic carbocycles. The van der Waals surface area contributed by atoms with E-state index in [-0.39, 0.29) is 24.0 Å². The van der Waals surface area contributed by atoms with Gasteiger partial charge in [-0.05, 0) is 42.2 Å². The summed E-state index contributed by atoms with van der Waals surface area (Å²) in [4.78, 5) is 6.72. The molecule has 0 aliphatic carbocycles. The number of aliphatic imine (C=N–C) groups is 1. The largest absolute Gasteiger partial charge is 0.486 e. The molecule has 2 aliphatic rings. The molecule has 5 nitrogen and oxygen atoms in total. The summed E-state index contributed by atoms with van der Waals surface area (Å²) in [5, 5.41) is 3.48. The standard InChI is InChI=1S/C20H23N3O2.HI/c1-21-20(23-11-9-16-4-2-3-5-17(16)23)22-10-8-15-6-7-18-19(14-15)25-13-12-24-18;/h2-7,14H,8-13H2,1H3,(H,21,22);1H. The Labute approximate surface area is 171 Å². The van der Waals surface area contributed by atoms with Crippen molar-refractivity contribution in [1.82, 2.24) is 5.32 Å². The number of nitrogens with one attached hydrogen (secondary N) is 1. The van der Waals surface area contributed by atoms with E-state index in [1.807, 2.05) is 13.1 Å². The Morgan fingerprint density at radius 2 is 1.92 bits per heavy atom. The molecular formula is C20H24IN3O2. The first kappa shape index (κ1) is 18.8. The SMILES string of the molecule is CN=C(NCCc1ccc2c(c1)OCCO2)N1CCc2ccccc21.I. The van der Waals surface area contributed by atoms with Crippen LogP contribution in [0.3, 0.4) is 0 Å². The van der Waals surface area contributed by atoms with Crippen LogP contribution < -0.4 is 19.7 Å². The highest BCUT2D eigenvalue weighted by Gasteiger charge is 2.22. The minimum absolute atomic E-state index is 0. The molecule has 0 fully saturated rings. The highest BCUT2D eigenvalue weighted by atomic mass is 127. The molecule has 0 atom stereocenters. The first-order valence-electron chi connectivity index (χ1n) is 8.80. The fourth-order valence-corrected chi connectivity index (χ4v) is 3.42. The van der Waals surface area contributed by atoms with E-state index in [1.165, 1.54) is 16.8 Å². The number of para-hydroxylation sites is 1. The molecule has 0 saturated carbocycles. The third-order valence-electron chi connectivity index (χ3n) is 4.66. The lowest BCUT2D eigenvalue weighted by Gasteiger charge is -2.22. The summed E-state index contributed by atoms with van der Waals surface area (Å²) in [5.74, 6) is 2.62. The molecule has 0 bridgehead atoms. The predicted molar refractivity (Wildman–Crippen MR) is 115 cm³/mol. The summed E-state index contributed by atoms with van der Waals surface area (Å²) in [7, 11) is 1.84. The second-order valence-electron chi connectivity index (χ2n) is 6.23. The highest BCUT2D eigenvalue weighted by Crippen LogP contribution is 2.31. The van der Waals surface area contributed by atoms with Crippen molar-refractivity contribution in [2.75, 3.05) is 38.3 Å². The van der Waals surface area contributed by atoms with Gasteiger partial charge in [-0.3, -0.25) is 4.99 Å². The van der Waals surface area contributed by atoms with E-state index in [1.54, 1.807) is 0 Å². The molecule has 138 valence electrons. The zero-order valence-electron chi connectivity index (χ0n) is 14.9. The summed E-state index contributed by atoms with van der Waals surface area (Å²) < 4.78 is 11.2. The second kappa shape index (κ2) is 8.62. The van der Waals surface area contributed by atoms with E-state index >= 15 is 0 Å². The first-order chi connectivity index (χ1) is 12.3. The van der Waals surface area contributed by atoms with Gasteiger partial charge in [0.05, 0.1) is 0 Å². The Morgan fingerprint density at radius 1 is 1.12 bits per heavy atom. The summed E-state index contributed by atoms with van der Waals surface area (Å²) in [6.07, 6.45) is 1.98. The molecule has 0 radical (unpaired) electrons. The second-order valence-corrected chi connectivity index (χ2v) is 6.23. The number of anilines is 1. The number of ether oxygens (including phenoxy) is 2. The van der Waals surface area contributed by atoms with Gasteiger partial charge in [0.1, 0.15) is 13.2 Å². The van der Waals surface area contributed by atoms with Gasteiger partial charge < -0.3 is 19.7 Å². The fraction of sp³-hybridized carbons (Fsp3) is 0.350. The smallest absolute Gasteiger partial charge is 0.198 e. The van der Waals surface area contributed by atoms with Gasteiger partial charge in [-0.1, -0.05) is 24.3 Å². The van der Waals surface area contributed by atoms with Gasteiger partial charge in [-0.2, -0.15) is 0 Å². The molecule has 2 aromatic rings. The zero-order valence-corrected chi connectivity index (χ0v) is 17.2. The number of halogens is 1. The summed E-state index contributed by atoms with van der Waals surface area (Å²) in [6, 6.07) is 14.7. The van der Waals surface area contributed by atoms with Crippen LogP contribution in [0.25, 0.3) is 0 Å². The average Bonchev–Trinajstić information content (AvgIpc) is 3.09. The number of guanidine groups is 1. The Hall–Kier alpha value is -1.96. The first-order valence-corrected chi connectivity index (χ1v) is 8.80. The molecule has 26 heavy (non-hydrogen) atoms. The van der Waals surface area contributed by atoms with Crippen molar-refractivity contribution in [2.24, 2.45) is 4.99 Å². The molecule has 2 aliphatic heterocycles. The normalized spacial score (nSPS) is 15.3. The Morgan fingerprint density at radius 3 is 2.77 bits per heavy atom. The van der Waals surface area contributed by atoms with Crippen LogP contribution in [0.4, 0.5) is 5.69 Å². The highest BCUT2D eigenvalue weighted by molar-refractivity contribution is 14.0. The van der Waals surface area contributed by atoms with Crippen molar-refractivity contribution < 1.29 is 9.47 Å². The van der Waals surface area contributed by atoms with Crippen molar-refractivity contribution >= 4 is 35.6 Å². The van der Waals surface area contributed by atoms with Crippen LogP contribution in [0.2, 0.25) is 0 Å². The number of hydrogen-bond acceptors (Lipinski definition) is 3. The monoisotopic (exact) mass is 465 g/mol. The molecule has 0 saturated heterocycles. The molecular weight excluding hydrogens is 441 g/mol. The molecule has 4 rings (SSSR count). The Balaban J connectivity index is 0.00000196. The lowest BCUT2D eigenvalue weighted by atomic mass is 10.1. The molecule has 0 spiro atoms. The van der Waals surface area contributed by atoms with E-state index in [0.29, 0.717) is 13.2 Å². The number of benzene rings is 2. The third-order valence-corrected chi connectivity index (χ3v) is 4.66. The summed E-state index contributed by atoms with van der Waals surface area (Å²) in [5.41, 5.74) is 3.88. The van der Waals surface area contributed by atoms with Gasteiger partial charge in [-0.15, -0.1) is 24.0 Å². The average molecular weight is 465 g/mol. The van der Waals surface area contributed by atoms with Gasteiger partial charge >= 0.3 is 0 Å². The van der Waals surface area contributed by atoms with Gasteiger partial charge in [0, 0.05) is 25.8 Å². The van der Waals surface area contributed by atoms with Crippen molar-refractivity contribution in [2.45, 2.75) is 12.8 Å². The van der Waals surface area contributed by atoms with Gasteiger partial charge in [0.25, 0.3) is 0 Å². The van der Waals surface area contributed by atoms with E-state index in [2.05, 4.69) is 51.6 Å². The minimum atomic E-state index is 0.